The van der Waals surface area contributed by atoms with Gasteiger partial charge in [0.1, 0.15) is 5.82 Å². The molecular formula is C20H26N6O. The third-order valence-electron chi connectivity index (χ3n) is 5.47. The normalized spacial score (nSPS) is 22.1. The average Bonchev–Trinajstić information content (AvgIpc) is 3.01. The Morgan fingerprint density at radius 3 is 2.85 bits per heavy atom. The Hall–Kier alpha value is -2.54. The number of pyridine rings is 1. The van der Waals surface area contributed by atoms with Crippen LogP contribution in [0, 0.1) is 5.92 Å². The number of rotatable bonds is 5. The monoisotopic (exact) mass is 366 g/mol. The Morgan fingerprint density at radius 1 is 1.15 bits per heavy atom. The van der Waals surface area contributed by atoms with Crippen LogP contribution >= 0.6 is 0 Å². The number of piperidine rings is 1. The molecule has 0 aromatic carbocycles. The van der Waals surface area contributed by atoms with Crippen LogP contribution in [0.4, 0.5) is 5.82 Å². The van der Waals surface area contributed by atoms with E-state index in [-0.39, 0.29) is 11.9 Å². The minimum atomic E-state index is 0.212. The lowest BCUT2D eigenvalue weighted by Crippen LogP contribution is -2.50. The van der Waals surface area contributed by atoms with Crippen molar-refractivity contribution in [3.05, 3.63) is 48.7 Å². The summed E-state index contributed by atoms with van der Waals surface area (Å²) in [5.74, 6) is 1.62. The van der Waals surface area contributed by atoms with Crippen LogP contribution in [0.5, 0.6) is 0 Å². The summed E-state index contributed by atoms with van der Waals surface area (Å²) in [5, 5.41) is 0. The molecule has 2 atom stereocenters. The first kappa shape index (κ1) is 17.9. The minimum Gasteiger partial charge on any atom is -0.353 e. The number of hydrogen-bond donors (Lipinski definition) is 0. The van der Waals surface area contributed by atoms with Crippen molar-refractivity contribution in [1.82, 2.24) is 24.8 Å². The highest BCUT2D eigenvalue weighted by molar-refractivity contribution is 5.79. The third-order valence-corrected chi connectivity index (χ3v) is 5.47. The maximum atomic E-state index is 13.0. The second-order valence-corrected chi connectivity index (χ2v) is 7.61. The Labute approximate surface area is 160 Å². The summed E-state index contributed by atoms with van der Waals surface area (Å²) in [6.07, 6.45) is 9.28. The number of hydrogen-bond acceptors (Lipinski definition) is 6. The van der Waals surface area contributed by atoms with Crippen molar-refractivity contribution >= 4 is 11.7 Å². The van der Waals surface area contributed by atoms with E-state index in [2.05, 4.69) is 24.8 Å². The number of likely N-dealkylation sites (N-methyl/N-ethyl adjacent to an activating group) is 1. The fourth-order valence-electron chi connectivity index (χ4n) is 4.17. The molecule has 3 fully saturated rings. The van der Waals surface area contributed by atoms with Crippen molar-refractivity contribution in [2.75, 3.05) is 38.1 Å². The molecule has 27 heavy (non-hydrogen) atoms. The maximum absolute atomic E-state index is 13.0. The van der Waals surface area contributed by atoms with Gasteiger partial charge in [-0.1, -0.05) is 6.07 Å². The zero-order valence-corrected chi connectivity index (χ0v) is 15.7. The number of anilines is 1. The highest BCUT2D eigenvalue weighted by Gasteiger charge is 2.37. The van der Waals surface area contributed by atoms with Gasteiger partial charge in [-0.15, -0.1) is 0 Å². The van der Waals surface area contributed by atoms with Crippen molar-refractivity contribution in [2.45, 2.75) is 25.4 Å². The Kier molecular flexibility index (Phi) is 5.29. The summed E-state index contributed by atoms with van der Waals surface area (Å²) in [6.45, 7) is 3.73. The smallest absolute Gasteiger partial charge is 0.237 e. The molecule has 5 heterocycles. The van der Waals surface area contributed by atoms with E-state index < -0.39 is 0 Å². The third kappa shape index (κ3) is 4.24. The lowest BCUT2D eigenvalue weighted by atomic mass is 9.95. The molecule has 2 aromatic heterocycles. The predicted molar refractivity (Wildman–Crippen MR) is 103 cm³/mol. The molecule has 3 aliphatic rings. The standard InChI is InChI=1S/C20H26N6O/c1-24(13-17-4-2-3-7-22-17)15-20(27)26-12-16-5-6-18(26)14-25(11-16)19-10-21-8-9-23-19/h2-4,7-10,16,18H,5-6,11-15H2,1H3/t16-,18+/m0/s1. The van der Waals surface area contributed by atoms with Crippen LogP contribution < -0.4 is 4.90 Å². The van der Waals surface area contributed by atoms with Crippen LogP contribution in [-0.2, 0) is 11.3 Å². The number of amides is 1. The van der Waals surface area contributed by atoms with Gasteiger partial charge < -0.3 is 9.80 Å². The van der Waals surface area contributed by atoms with E-state index in [1.54, 1.807) is 18.6 Å². The van der Waals surface area contributed by atoms with E-state index in [0.29, 0.717) is 19.0 Å². The van der Waals surface area contributed by atoms with Crippen LogP contribution in [0.25, 0.3) is 0 Å². The molecule has 3 saturated heterocycles. The summed E-state index contributed by atoms with van der Waals surface area (Å²) in [7, 11) is 1.98. The second kappa shape index (κ2) is 8.00. The van der Waals surface area contributed by atoms with Gasteiger partial charge in [-0.3, -0.25) is 19.7 Å². The SMILES string of the molecule is CN(CC(=O)N1C[C@H]2CC[C@@H]1CN(c1cnccn1)C2)Cc1ccccn1. The lowest BCUT2D eigenvalue weighted by molar-refractivity contribution is -0.136. The number of aromatic nitrogens is 3. The van der Waals surface area contributed by atoms with Crippen molar-refractivity contribution in [1.29, 1.82) is 0 Å². The Morgan fingerprint density at radius 2 is 2.07 bits per heavy atom. The van der Waals surface area contributed by atoms with Gasteiger partial charge in [0.15, 0.2) is 0 Å². The molecule has 0 aliphatic carbocycles. The molecule has 0 radical (unpaired) electrons. The molecule has 0 spiro atoms. The molecule has 0 N–H and O–H groups in total. The largest absolute Gasteiger partial charge is 0.353 e. The van der Waals surface area contributed by atoms with E-state index in [1.165, 1.54) is 6.42 Å². The number of fused-ring (bicyclic) bond motifs is 4. The topological polar surface area (TPSA) is 65.5 Å². The van der Waals surface area contributed by atoms with E-state index in [0.717, 1.165) is 37.6 Å². The average molecular weight is 366 g/mol. The van der Waals surface area contributed by atoms with Crippen LogP contribution in [0.3, 0.4) is 0 Å². The van der Waals surface area contributed by atoms with Crippen molar-refractivity contribution in [3.8, 4) is 0 Å². The zero-order valence-electron chi connectivity index (χ0n) is 15.7. The fourth-order valence-corrected chi connectivity index (χ4v) is 4.17. The lowest BCUT2D eigenvalue weighted by Gasteiger charge is -2.37. The van der Waals surface area contributed by atoms with Gasteiger partial charge in [0.05, 0.1) is 18.4 Å². The highest BCUT2D eigenvalue weighted by Crippen LogP contribution is 2.30. The maximum Gasteiger partial charge on any atom is 0.237 e. The molecule has 2 bridgehead atoms. The molecule has 7 heteroatoms. The quantitative estimate of drug-likeness (QED) is 0.798. The first-order valence-corrected chi connectivity index (χ1v) is 9.58. The van der Waals surface area contributed by atoms with Crippen molar-refractivity contribution < 1.29 is 4.79 Å². The first-order chi connectivity index (χ1) is 13.2. The summed E-state index contributed by atoms with van der Waals surface area (Å²) in [6, 6.07) is 6.13. The van der Waals surface area contributed by atoms with Gasteiger partial charge in [-0.2, -0.15) is 0 Å². The molecule has 142 valence electrons. The second-order valence-electron chi connectivity index (χ2n) is 7.61. The molecule has 0 saturated carbocycles. The van der Waals surface area contributed by atoms with Crippen LogP contribution in [0.1, 0.15) is 18.5 Å². The molecule has 7 nitrogen and oxygen atoms in total. The molecular weight excluding hydrogens is 340 g/mol. The molecule has 5 rings (SSSR count). The van der Waals surface area contributed by atoms with E-state index in [4.69, 9.17) is 0 Å². The Balaban J connectivity index is 1.39. The Bertz CT molecular complexity index is 756. The van der Waals surface area contributed by atoms with Crippen LogP contribution in [-0.4, -0.2) is 69.9 Å². The molecule has 2 aromatic rings. The molecule has 1 amide bonds. The molecule has 3 aliphatic heterocycles. The zero-order chi connectivity index (χ0) is 18.6. The summed E-state index contributed by atoms with van der Waals surface area (Å²) in [5.41, 5.74) is 0.985. The van der Waals surface area contributed by atoms with Gasteiger partial charge in [0.2, 0.25) is 5.91 Å². The number of carbonyl (C=O) groups is 1. The van der Waals surface area contributed by atoms with Gasteiger partial charge in [0, 0.05) is 50.8 Å². The van der Waals surface area contributed by atoms with E-state index in [9.17, 15) is 4.79 Å². The molecule has 0 unspecified atom stereocenters. The first-order valence-electron chi connectivity index (χ1n) is 9.58. The predicted octanol–water partition coefficient (Wildman–Crippen LogP) is 1.43. The summed E-state index contributed by atoms with van der Waals surface area (Å²) in [4.78, 5) is 32.4. The number of carbonyl (C=O) groups excluding carboxylic acids is 1. The van der Waals surface area contributed by atoms with E-state index >= 15 is 0 Å². The fraction of sp³-hybridized carbons (Fsp3) is 0.500. The minimum absolute atomic E-state index is 0.212. The summed E-state index contributed by atoms with van der Waals surface area (Å²) < 4.78 is 0. The van der Waals surface area contributed by atoms with Gasteiger partial charge in [0.25, 0.3) is 0 Å². The van der Waals surface area contributed by atoms with Crippen molar-refractivity contribution in [2.24, 2.45) is 5.92 Å². The van der Waals surface area contributed by atoms with Gasteiger partial charge in [-0.25, -0.2) is 4.98 Å². The van der Waals surface area contributed by atoms with Gasteiger partial charge >= 0.3 is 0 Å². The van der Waals surface area contributed by atoms with Crippen LogP contribution in [0.2, 0.25) is 0 Å². The van der Waals surface area contributed by atoms with Crippen molar-refractivity contribution in [3.63, 3.8) is 0 Å². The number of nitrogens with zero attached hydrogens (tertiary/aromatic N) is 6. The van der Waals surface area contributed by atoms with Gasteiger partial charge in [-0.05, 0) is 37.9 Å². The highest BCUT2D eigenvalue weighted by atomic mass is 16.2. The van der Waals surface area contributed by atoms with E-state index in [1.807, 2.05) is 36.3 Å². The van der Waals surface area contributed by atoms with Crippen LogP contribution in [0.15, 0.2) is 43.0 Å². The summed E-state index contributed by atoms with van der Waals surface area (Å²) >= 11 is 0.